The molecule has 1 unspecified atom stereocenters. The summed E-state index contributed by atoms with van der Waals surface area (Å²) in [7, 11) is 4.23. The molecular formula is C25H32N4O2. The van der Waals surface area contributed by atoms with Crippen molar-refractivity contribution >= 4 is 16.7 Å². The Bertz CT molecular complexity index is 1040. The van der Waals surface area contributed by atoms with Crippen LogP contribution in [0, 0.1) is 0 Å². The van der Waals surface area contributed by atoms with Gasteiger partial charge in [-0.05, 0) is 42.9 Å². The van der Waals surface area contributed by atoms with Gasteiger partial charge in [-0.3, -0.25) is 9.69 Å². The number of aromatic nitrogens is 1. The molecule has 1 aromatic heterocycles. The third-order valence-electron chi connectivity index (χ3n) is 6.18. The van der Waals surface area contributed by atoms with Crippen LogP contribution in [-0.4, -0.2) is 66.7 Å². The minimum Gasteiger partial charge on any atom is -0.493 e. The van der Waals surface area contributed by atoms with Gasteiger partial charge in [0.1, 0.15) is 5.75 Å². The SMILES string of the molecule is CCOc1ccc2ccccc2c1C(=O)NCC(c1cccn1C)N1CCN(C)CC1. The largest absolute Gasteiger partial charge is 0.493 e. The van der Waals surface area contributed by atoms with E-state index >= 15 is 0 Å². The summed E-state index contributed by atoms with van der Waals surface area (Å²) >= 11 is 0. The van der Waals surface area contributed by atoms with Crippen LogP contribution in [0.15, 0.2) is 54.7 Å². The maximum absolute atomic E-state index is 13.4. The average molecular weight is 421 g/mol. The molecule has 0 bridgehead atoms. The number of fused-ring (bicyclic) bond motifs is 1. The topological polar surface area (TPSA) is 49.7 Å². The number of piperazine rings is 1. The van der Waals surface area contributed by atoms with Crippen molar-refractivity contribution in [2.75, 3.05) is 46.4 Å². The minimum absolute atomic E-state index is 0.0893. The van der Waals surface area contributed by atoms with Gasteiger partial charge in [-0.15, -0.1) is 0 Å². The molecular weight excluding hydrogens is 388 g/mol. The molecule has 0 radical (unpaired) electrons. The smallest absolute Gasteiger partial charge is 0.255 e. The number of ether oxygens (including phenoxy) is 1. The van der Waals surface area contributed by atoms with Gasteiger partial charge in [-0.1, -0.05) is 30.3 Å². The highest BCUT2D eigenvalue weighted by atomic mass is 16.5. The Balaban J connectivity index is 1.60. The molecule has 31 heavy (non-hydrogen) atoms. The lowest BCUT2D eigenvalue weighted by Crippen LogP contribution is -2.49. The van der Waals surface area contributed by atoms with Gasteiger partial charge in [0, 0.05) is 51.7 Å². The minimum atomic E-state index is -0.0893. The summed E-state index contributed by atoms with van der Waals surface area (Å²) in [6.07, 6.45) is 2.07. The lowest BCUT2D eigenvalue weighted by atomic mass is 10.0. The van der Waals surface area contributed by atoms with E-state index in [2.05, 4.69) is 52.1 Å². The van der Waals surface area contributed by atoms with Gasteiger partial charge >= 0.3 is 0 Å². The van der Waals surface area contributed by atoms with Crippen LogP contribution in [0.4, 0.5) is 0 Å². The van der Waals surface area contributed by atoms with Crippen LogP contribution in [0.5, 0.6) is 5.75 Å². The van der Waals surface area contributed by atoms with Crippen LogP contribution in [0.3, 0.4) is 0 Å². The average Bonchev–Trinajstić information content (AvgIpc) is 3.20. The fourth-order valence-electron chi connectivity index (χ4n) is 4.41. The number of carbonyl (C=O) groups excluding carboxylic acids is 1. The number of nitrogens with zero attached hydrogens (tertiary/aromatic N) is 3. The molecule has 2 aromatic carbocycles. The van der Waals surface area contributed by atoms with Crippen LogP contribution >= 0.6 is 0 Å². The second kappa shape index (κ2) is 9.54. The molecule has 0 aliphatic carbocycles. The van der Waals surface area contributed by atoms with Gasteiger partial charge in [0.2, 0.25) is 0 Å². The number of hydrogen-bond donors (Lipinski definition) is 1. The van der Waals surface area contributed by atoms with E-state index in [-0.39, 0.29) is 11.9 Å². The molecule has 4 rings (SSSR count). The number of carbonyl (C=O) groups is 1. The highest BCUT2D eigenvalue weighted by Crippen LogP contribution is 2.29. The fraction of sp³-hybridized carbons (Fsp3) is 0.400. The van der Waals surface area contributed by atoms with E-state index in [0.717, 1.165) is 37.0 Å². The molecule has 0 saturated carbocycles. The number of benzene rings is 2. The fourth-order valence-corrected chi connectivity index (χ4v) is 4.41. The monoisotopic (exact) mass is 420 g/mol. The summed E-state index contributed by atoms with van der Waals surface area (Å²) < 4.78 is 7.96. The Kier molecular flexibility index (Phi) is 6.59. The maximum atomic E-state index is 13.4. The molecule has 6 nitrogen and oxygen atoms in total. The summed E-state index contributed by atoms with van der Waals surface area (Å²) in [5.41, 5.74) is 1.83. The highest BCUT2D eigenvalue weighted by Gasteiger charge is 2.27. The predicted octanol–water partition coefficient (Wildman–Crippen LogP) is 3.30. The lowest BCUT2D eigenvalue weighted by molar-refractivity contribution is 0.0875. The van der Waals surface area contributed by atoms with Crippen molar-refractivity contribution in [2.24, 2.45) is 7.05 Å². The van der Waals surface area contributed by atoms with Gasteiger partial charge in [-0.25, -0.2) is 0 Å². The summed E-state index contributed by atoms with van der Waals surface area (Å²) in [6.45, 7) is 7.05. The zero-order valence-corrected chi connectivity index (χ0v) is 18.7. The number of aryl methyl sites for hydroxylation is 1. The van der Waals surface area contributed by atoms with Crippen LogP contribution in [0.2, 0.25) is 0 Å². The molecule has 6 heteroatoms. The first kappa shape index (κ1) is 21.4. The first-order valence-corrected chi connectivity index (χ1v) is 11.0. The molecule has 1 amide bonds. The van der Waals surface area contributed by atoms with Crippen molar-refractivity contribution in [3.63, 3.8) is 0 Å². The summed E-state index contributed by atoms with van der Waals surface area (Å²) in [4.78, 5) is 18.2. The lowest BCUT2D eigenvalue weighted by Gasteiger charge is -2.38. The van der Waals surface area contributed by atoms with E-state index in [9.17, 15) is 4.79 Å². The van der Waals surface area contributed by atoms with E-state index < -0.39 is 0 Å². The van der Waals surface area contributed by atoms with E-state index in [4.69, 9.17) is 4.74 Å². The summed E-state index contributed by atoms with van der Waals surface area (Å²) in [5.74, 6) is 0.544. The van der Waals surface area contributed by atoms with Gasteiger partial charge in [0.25, 0.3) is 5.91 Å². The molecule has 1 saturated heterocycles. The Labute approximate surface area is 184 Å². The summed E-state index contributed by atoms with van der Waals surface area (Å²) in [5, 5.41) is 5.18. The first-order valence-electron chi connectivity index (χ1n) is 11.0. The number of nitrogens with one attached hydrogen (secondary N) is 1. The van der Waals surface area contributed by atoms with Crippen LogP contribution in [0.1, 0.15) is 29.0 Å². The van der Waals surface area contributed by atoms with Crippen LogP contribution < -0.4 is 10.1 Å². The van der Waals surface area contributed by atoms with E-state index in [1.165, 1.54) is 5.69 Å². The zero-order valence-electron chi connectivity index (χ0n) is 18.7. The number of likely N-dealkylation sites (N-methyl/N-ethyl adjacent to an activating group) is 1. The maximum Gasteiger partial charge on any atom is 0.255 e. The van der Waals surface area contributed by atoms with Crippen molar-refractivity contribution < 1.29 is 9.53 Å². The second-order valence-electron chi connectivity index (χ2n) is 8.20. The van der Waals surface area contributed by atoms with E-state index in [0.29, 0.717) is 24.5 Å². The second-order valence-corrected chi connectivity index (χ2v) is 8.20. The molecule has 1 N–H and O–H groups in total. The third kappa shape index (κ3) is 4.60. The van der Waals surface area contributed by atoms with E-state index in [1.807, 2.05) is 43.3 Å². The van der Waals surface area contributed by atoms with Gasteiger partial charge in [-0.2, -0.15) is 0 Å². The predicted molar refractivity (Wildman–Crippen MR) is 125 cm³/mol. The number of rotatable bonds is 7. The zero-order chi connectivity index (χ0) is 21.8. The molecule has 1 aliphatic rings. The quantitative estimate of drug-likeness (QED) is 0.637. The molecule has 3 aromatic rings. The Morgan fingerprint density at radius 1 is 1.03 bits per heavy atom. The van der Waals surface area contributed by atoms with Crippen molar-refractivity contribution in [3.05, 3.63) is 66.0 Å². The molecule has 1 atom stereocenters. The van der Waals surface area contributed by atoms with Crippen LogP contribution in [0.25, 0.3) is 10.8 Å². The van der Waals surface area contributed by atoms with Gasteiger partial charge in [0.15, 0.2) is 0 Å². The third-order valence-corrected chi connectivity index (χ3v) is 6.18. The van der Waals surface area contributed by atoms with Crippen LogP contribution in [-0.2, 0) is 7.05 Å². The van der Waals surface area contributed by atoms with Crippen molar-refractivity contribution in [1.29, 1.82) is 0 Å². The Morgan fingerprint density at radius 2 is 1.81 bits per heavy atom. The Hall–Kier alpha value is -2.83. The number of hydrogen-bond acceptors (Lipinski definition) is 4. The van der Waals surface area contributed by atoms with E-state index in [1.54, 1.807) is 0 Å². The standard InChI is InChI=1S/C25H32N4O2/c1-4-31-23-12-11-19-8-5-6-9-20(19)24(23)25(30)26-18-22(21-10-7-13-28(21)3)29-16-14-27(2)15-17-29/h5-13,22H,4,14-18H2,1-3H3,(H,26,30). The first-order chi connectivity index (χ1) is 15.1. The normalized spacial score (nSPS) is 16.4. The molecule has 1 aliphatic heterocycles. The molecule has 1 fully saturated rings. The van der Waals surface area contributed by atoms with Crippen molar-refractivity contribution in [2.45, 2.75) is 13.0 Å². The number of amides is 1. The summed E-state index contributed by atoms with van der Waals surface area (Å²) in [6, 6.07) is 16.2. The van der Waals surface area contributed by atoms with Gasteiger partial charge in [0.05, 0.1) is 18.2 Å². The van der Waals surface area contributed by atoms with Gasteiger partial charge < -0.3 is 19.5 Å². The van der Waals surface area contributed by atoms with Crippen molar-refractivity contribution in [1.82, 2.24) is 19.7 Å². The highest BCUT2D eigenvalue weighted by molar-refractivity contribution is 6.09. The molecule has 2 heterocycles. The molecule has 164 valence electrons. The molecule has 0 spiro atoms. The Morgan fingerprint density at radius 3 is 2.52 bits per heavy atom. The van der Waals surface area contributed by atoms with Crippen molar-refractivity contribution in [3.8, 4) is 5.75 Å².